The van der Waals surface area contributed by atoms with Crippen LogP contribution < -0.4 is 4.74 Å². The van der Waals surface area contributed by atoms with Crippen molar-refractivity contribution >= 4 is 17.2 Å². The molecule has 4 heteroatoms. The quantitative estimate of drug-likeness (QED) is 0.680. The van der Waals surface area contributed by atoms with E-state index in [2.05, 4.69) is 16.5 Å². The normalized spacial score (nSPS) is 13.1. The van der Waals surface area contributed by atoms with Crippen molar-refractivity contribution in [2.24, 2.45) is 0 Å². The van der Waals surface area contributed by atoms with Crippen molar-refractivity contribution in [2.75, 3.05) is 7.11 Å². The number of fused-ring (bicyclic) bond motifs is 5. The lowest BCUT2D eigenvalue weighted by molar-refractivity contribution is 0.414. The van der Waals surface area contributed by atoms with Gasteiger partial charge in [0, 0.05) is 11.8 Å². The van der Waals surface area contributed by atoms with Crippen molar-refractivity contribution in [1.29, 1.82) is 0 Å². The Morgan fingerprint density at radius 2 is 2.15 bits per heavy atom. The molecule has 2 aromatic heterocycles. The molecule has 100 valence electrons. The summed E-state index contributed by atoms with van der Waals surface area (Å²) in [5, 5.41) is 0.692. The minimum absolute atomic E-state index is 0.692. The predicted octanol–water partition coefficient (Wildman–Crippen LogP) is 3.76. The number of halogens is 1. The molecule has 0 aliphatic heterocycles. The number of pyridine rings is 1. The molecule has 0 N–H and O–H groups in total. The number of imidazole rings is 1. The van der Waals surface area contributed by atoms with E-state index < -0.39 is 0 Å². The van der Waals surface area contributed by atoms with Crippen LogP contribution in [0.5, 0.6) is 5.75 Å². The van der Waals surface area contributed by atoms with Gasteiger partial charge in [0.2, 0.25) is 0 Å². The molecular weight excluding hydrogens is 272 g/mol. The molecule has 0 radical (unpaired) electrons. The third kappa shape index (κ3) is 1.56. The minimum atomic E-state index is 0.692. The lowest BCUT2D eigenvalue weighted by Crippen LogP contribution is -2.05. The van der Waals surface area contributed by atoms with Gasteiger partial charge in [-0.2, -0.15) is 0 Å². The van der Waals surface area contributed by atoms with Crippen LogP contribution in [-0.2, 0) is 12.8 Å². The Labute approximate surface area is 121 Å². The second-order valence-corrected chi connectivity index (χ2v) is 5.39. The van der Waals surface area contributed by atoms with Crippen LogP contribution in [0.25, 0.3) is 16.9 Å². The first-order chi connectivity index (χ1) is 9.78. The molecule has 1 aliphatic rings. The fourth-order valence-corrected chi connectivity index (χ4v) is 3.13. The summed E-state index contributed by atoms with van der Waals surface area (Å²) in [5.41, 5.74) is 5.64. The zero-order chi connectivity index (χ0) is 13.7. The fraction of sp³-hybridized carbons (Fsp3) is 0.188. The zero-order valence-corrected chi connectivity index (χ0v) is 11.8. The molecule has 0 amide bonds. The van der Waals surface area contributed by atoms with Crippen LogP contribution in [0.1, 0.15) is 11.3 Å². The van der Waals surface area contributed by atoms with E-state index in [0.717, 1.165) is 35.6 Å². The largest absolute Gasteiger partial charge is 0.497 e. The summed E-state index contributed by atoms with van der Waals surface area (Å²) in [6.45, 7) is 0. The van der Waals surface area contributed by atoms with Crippen LogP contribution >= 0.6 is 11.6 Å². The van der Waals surface area contributed by atoms with Crippen LogP contribution in [0.2, 0.25) is 5.02 Å². The Kier molecular flexibility index (Phi) is 2.51. The predicted molar refractivity (Wildman–Crippen MR) is 79.6 cm³/mol. The third-order valence-corrected chi connectivity index (χ3v) is 4.17. The first kappa shape index (κ1) is 11.8. The van der Waals surface area contributed by atoms with Gasteiger partial charge in [0.1, 0.15) is 5.75 Å². The lowest BCUT2D eigenvalue weighted by Gasteiger charge is -2.17. The average Bonchev–Trinajstić information content (AvgIpc) is 2.87. The standard InChI is InChI=1S/C16H13ClN2O/c1-20-11-5-6-12-10(9-11)4-7-14-15(12)19-8-2-3-13(17)16(19)18-14/h2-3,5-6,8-9H,4,7H2,1H3. The van der Waals surface area contributed by atoms with Gasteiger partial charge in [-0.1, -0.05) is 11.6 Å². The Morgan fingerprint density at radius 1 is 1.25 bits per heavy atom. The van der Waals surface area contributed by atoms with Crippen molar-refractivity contribution in [3.63, 3.8) is 0 Å². The van der Waals surface area contributed by atoms with Gasteiger partial charge in [-0.15, -0.1) is 0 Å². The Hall–Kier alpha value is -2.00. The number of ether oxygens (including phenoxy) is 1. The average molecular weight is 285 g/mol. The Balaban J connectivity index is 2.04. The van der Waals surface area contributed by atoms with E-state index in [1.165, 1.54) is 11.1 Å². The fourth-order valence-electron chi connectivity index (χ4n) is 2.93. The molecular formula is C16H13ClN2O. The number of methoxy groups -OCH3 is 1. The van der Waals surface area contributed by atoms with Crippen molar-refractivity contribution in [2.45, 2.75) is 12.8 Å². The highest BCUT2D eigenvalue weighted by atomic mass is 35.5. The van der Waals surface area contributed by atoms with Gasteiger partial charge >= 0.3 is 0 Å². The number of hydrogen-bond donors (Lipinski definition) is 0. The number of benzene rings is 1. The van der Waals surface area contributed by atoms with Gasteiger partial charge < -0.3 is 4.74 Å². The van der Waals surface area contributed by atoms with Gasteiger partial charge in [-0.05, 0) is 48.7 Å². The van der Waals surface area contributed by atoms with Crippen LogP contribution in [0.15, 0.2) is 36.5 Å². The first-order valence-electron chi connectivity index (χ1n) is 6.60. The highest BCUT2D eigenvalue weighted by Gasteiger charge is 2.22. The summed E-state index contributed by atoms with van der Waals surface area (Å²) in [6, 6.07) is 10.1. The van der Waals surface area contributed by atoms with E-state index in [0.29, 0.717) is 5.02 Å². The van der Waals surface area contributed by atoms with Gasteiger partial charge in [-0.25, -0.2) is 4.98 Å². The molecule has 1 aromatic carbocycles. The molecule has 0 saturated heterocycles. The number of rotatable bonds is 1. The molecule has 0 fully saturated rings. The monoisotopic (exact) mass is 284 g/mol. The summed E-state index contributed by atoms with van der Waals surface area (Å²) >= 11 is 6.25. The third-order valence-electron chi connectivity index (χ3n) is 3.87. The molecule has 20 heavy (non-hydrogen) atoms. The summed E-state index contributed by atoms with van der Waals surface area (Å²) < 4.78 is 7.40. The smallest absolute Gasteiger partial charge is 0.156 e. The maximum Gasteiger partial charge on any atom is 0.156 e. The molecule has 3 nitrogen and oxygen atoms in total. The van der Waals surface area contributed by atoms with E-state index in [9.17, 15) is 0 Å². The number of aryl methyl sites for hydroxylation is 2. The Morgan fingerprint density at radius 3 is 3.00 bits per heavy atom. The van der Waals surface area contributed by atoms with E-state index >= 15 is 0 Å². The molecule has 1 aliphatic carbocycles. The maximum atomic E-state index is 6.25. The van der Waals surface area contributed by atoms with Gasteiger partial charge in [-0.3, -0.25) is 4.40 Å². The van der Waals surface area contributed by atoms with Gasteiger partial charge in [0.15, 0.2) is 5.65 Å². The van der Waals surface area contributed by atoms with Gasteiger partial charge in [0.25, 0.3) is 0 Å². The highest BCUT2D eigenvalue weighted by molar-refractivity contribution is 6.33. The van der Waals surface area contributed by atoms with E-state index in [1.807, 2.05) is 24.4 Å². The van der Waals surface area contributed by atoms with Crippen molar-refractivity contribution in [3.05, 3.63) is 52.8 Å². The number of hydrogen-bond acceptors (Lipinski definition) is 2. The molecule has 4 rings (SSSR count). The summed E-state index contributed by atoms with van der Waals surface area (Å²) in [5.74, 6) is 0.902. The van der Waals surface area contributed by atoms with Crippen molar-refractivity contribution in [3.8, 4) is 17.0 Å². The van der Waals surface area contributed by atoms with Crippen LogP contribution in [0.4, 0.5) is 0 Å². The molecule has 2 heterocycles. The van der Waals surface area contributed by atoms with E-state index in [-0.39, 0.29) is 0 Å². The topological polar surface area (TPSA) is 26.5 Å². The van der Waals surface area contributed by atoms with Crippen LogP contribution in [-0.4, -0.2) is 16.5 Å². The minimum Gasteiger partial charge on any atom is -0.497 e. The van der Waals surface area contributed by atoms with Crippen molar-refractivity contribution in [1.82, 2.24) is 9.38 Å². The summed E-state index contributed by atoms with van der Waals surface area (Å²) in [7, 11) is 1.70. The maximum absolute atomic E-state index is 6.25. The highest BCUT2D eigenvalue weighted by Crippen LogP contribution is 2.36. The SMILES string of the molecule is COc1ccc2c(c1)CCc1nc3c(Cl)cccn3c1-2. The second-order valence-electron chi connectivity index (χ2n) is 4.98. The van der Waals surface area contributed by atoms with Crippen LogP contribution in [0.3, 0.4) is 0 Å². The Bertz CT molecular complexity index is 823. The second kappa shape index (κ2) is 4.25. The lowest BCUT2D eigenvalue weighted by atomic mass is 9.92. The molecule has 0 atom stereocenters. The molecule has 0 bridgehead atoms. The number of nitrogens with zero attached hydrogens (tertiary/aromatic N) is 2. The van der Waals surface area contributed by atoms with Gasteiger partial charge in [0.05, 0.1) is 23.5 Å². The summed E-state index contributed by atoms with van der Waals surface area (Å²) in [6.07, 6.45) is 3.95. The molecule has 3 aromatic rings. The number of aromatic nitrogens is 2. The molecule has 0 spiro atoms. The zero-order valence-electron chi connectivity index (χ0n) is 11.1. The molecule has 0 saturated carbocycles. The van der Waals surface area contributed by atoms with E-state index in [4.69, 9.17) is 21.3 Å². The first-order valence-corrected chi connectivity index (χ1v) is 6.98. The van der Waals surface area contributed by atoms with Crippen LogP contribution in [0, 0.1) is 0 Å². The van der Waals surface area contributed by atoms with E-state index in [1.54, 1.807) is 7.11 Å². The summed E-state index contributed by atoms with van der Waals surface area (Å²) in [4.78, 5) is 4.69. The molecule has 0 unspecified atom stereocenters. The van der Waals surface area contributed by atoms with Crippen molar-refractivity contribution < 1.29 is 4.74 Å².